The van der Waals surface area contributed by atoms with Crippen LogP contribution in [-0.2, 0) is 17.9 Å². The average molecular weight is 481 g/mol. The lowest BCUT2D eigenvalue weighted by atomic mass is 10.1. The highest BCUT2D eigenvalue weighted by atomic mass is 35.5. The summed E-state index contributed by atoms with van der Waals surface area (Å²) in [4.78, 5) is 26.4. The number of nitrogens with zero attached hydrogens (tertiary/aromatic N) is 1. The second-order valence-corrected chi connectivity index (χ2v) is 8.19. The summed E-state index contributed by atoms with van der Waals surface area (Å²) in [6.07, 6.45) is 1.52. The van der Waals surface area contributed by atoms with Crippen molar-refractivity contribution in [3.8, 4) is 11.5 Å². The van der Waals surface area contributed by atoms with Gasteiger partial charge in [-0.25, -0.2) is 9.18 Å². The van der Waals surface area contributed by atoms with Gasteiger partial charge in [0.25, 0.3) is 5.91 Å². The first-order chi connectivity index (χ1) is 16.4. The second-order valence-electron chi connectivity index (χ2n) is 7.78. The monoisotopic (exact) mass is 480 g/mol. The molecule has 1 N–H and O–H groups in total. The Morgan fingerprint density at radius 2 is 1.88 bits per heavy atom. The molecule has 0 unspecified atom stereocenters. The third kappa shape index (κ3) is 5.05. The second kappa shape index (κ2) is 9.97. The van der Waals surface area contributed by atoms with E-state index in [4.69, 9.17) is 21.1 Å². The van der Waals surface area contributed by atoms with Crippen molar-refractivity contribution in [3.63, 3.8) is 0 Å². The lowest BCUT2D eigenvalue weighted by Crippen LogP contribution is -2.30. The maximum Gasteiger partial charge on any atom is 0.329 e. The average Bonchev–Trinajstić information content (AvgIpc) is 3.06. The van der Waals surface area contributed by atoms with Crippen molar-refractivity contribution in [3.05, 3.63) is 99.5 Å². The van der Waals surface area contributed by atoms with Gasteiger partial charge in [-0.3, -0.25) is 9.69 Å². The molecule has 1 heterocycles. The van der Waals surface area contributed by atoms with Crippen molar-refractivity contribution in [1.29, 1.82) is 0 Å². The number of methoxy groups -OCH3 is 1. The van der Waals surface area contributed by atoms with E-state index in [0.29, 0.717) is 16.9 Å². The summed E-state index contributed by atoms with van der Waals surface area (Å²) >= 11 is 6.41. The van der Waals surface area contributed by atoms with E-state index in [-0.39, 0.29) is 35.4 Å². The molecule has 0 aromatic heterocycles. The molecule has 1 aliphatic heterocycles. The number of benzene rings is 3. The van der Waals surface area contributed by atoms with Crippen molar-refractivity contribution >= 4 is 29.6 Å². The van der Waals surface area contributed by atoms with Gasteiger partial charge in [-0.2, -0.15) is 0 Å². The summed E-state index contributed by atoms with van der Waals surface area (Å²) in [7, 11) is 1.45. The highest BCUT2D eigenvalue weighted by molar-refractivity contribution is 6.32. The smallest absolute Gasteiger partial charge is 0.329 e. The zero-order chi connectivity index (χ0) is 24.2. The predicted molar refractivity (Wildman–Crippen MR) is 127 cm³/mol. The molecule has 34 heavy (non-hydrogen) atoms. The molecule has 0 aliphatic carbocycles. The number of amides is 3. The molecular weight excluding hydrogens is 459 g/mol. The number of aryl methyl sites for hydroxylation is 1. The van der Waals surface area contributed by atoms with Crippen molar-refractivity contribution in [2.45, 2.75) is 20.1 Å². The van der Waals surface area contributed by atoms with Crippen LogP contribution >= 0.6 is 11.6 Å². The number of ether oxygens (including phenoxy) is 2. The topological polar surface area (TPSA) is 67.9 Å². The maximum absolute atomic E-state index is 13.9. The van der Waals surface area contributed by atoms with Crippen LogP contribution in [-0.4, -0.2) is 23.9 Å². The molecule has 174 valence electrons. The summed E-state index contributed by atoms with van der Waals surface area (Å²) in [6, 6.07) is 16.6. The first-order valence-electron chi connectivity index (χ1n) is 10.5. The van der Waals surface area contributed by atoms with Crippen LogP contribution in [0.15, 0.2) is 66.4 Å². The lowest BCUT2D eigenvalue weighted by molar-refractivity contribution is -0.123. The molecule has 3 amide bonds. The minimum Gasteiger partial charge on any atom is -0.493 e. The van der Waals surface area contributed by atoms with E-state index in [9.17, 15) is 14.0 Å². The molecule has 3 aromatic carbocycles. The molecule has 3 aromatic rings. The Hall–Kier alpha value is -3.84. The fraction of sp³-hybridized carbons (Fsp3) is 0.154. The van der Waals surface area contributed by atoms with Crippen molar-refractivity contribution in [2.75, 3.05) is 7.11 Å². The molecule has 0 spiro atoms. The quantitative estimate of drug-likeness (QED) is 0.360. The van der Waals surface area contributed by atoms with Crippen molar-refractivity contribution in [1.82, 2.24) is 10.2 Å². The van der Waals surface area contributed by atoms with Crippen LogP contribution in [0.4, 0.5) is 9.18 Å². The first kappa shape index (κ1) is 23.3. The fourth-order valence-electron chi connectivity index (χ4n) is 3.60. The summed E-state index contributed by atoms with van der Waals surface area (Å²) in [6.45, 7) is 2.07. The van der Waals surface area contributed by atoms with Crippen LogP contribution < -0.4 is 14.8 Å². The first-order valence-corrected chi connectivity index (χ1v) is 10.9. The Morgan fingerprint density at radius 3 is 2.62 bits per heavy atom. The zero-order valence-corrected chi connectivity index (χ0v) is 19.4. The van der Waals surface area contributed by atoms with Crippen LogP contribution in [0.5, 0.6) is 11.5 Å². The Bertz CT molecular complexity index is 1290. The number of imide groups is 1. The van der Waals surface area contributed by atoms with Gasteiger partial charge in [0, 0.05) is 5.56 Å². The number of nitrogens with one attached hydrogen (secondary N) is 1. The van der Waals surface area contributed by atoms with E-state index in [0.717, 1.165) is 16.0 Å². The van der Waals surface area contributed by atoms with Gasteiger partial charge in [-0.05, 0) is 42.3 Å². The van der Waals surface area contributed by atoms with E-state index in [1.54, 1.807) is 30.3 Å². The van der Waals surface area contributed by atoms with Gasteiger partial charge in [-0.15, -0.1) is 0 Å². The number of carbonyl (C=O) groups is 2. The summed E-state index contributed by atoms with van der Waals surface area (Å²) in [5.74, 6) is -0.271. The van der Waals surface area contributed by atoms with Gasteiger partial charge in [0.15, 0.2) is 11.5 Å². The number of urea groups is 1. The molecule has 1 aliphatic rings. The highest BCUT2D eigenvalue weighted by Crippen LogP contribution is 2.37. The Balaban J connectivity index is 1.54. The molecular formula is C26H22ClFN2O4. The fourth-order valence-corrected chi connectivity index (χ4v) is 3.88. The third-order valence-electron chi connectivity index (χ3n) is 5.28. The summed E-state index contributed by atoms with van der Waals surface area (Å²) in [5, 5.41) is 2.82. The van der Waals surface area contributed by atoms with E-state index in [1.165, 1.54) is 19.3 Å². The van der Waals surface area contributed by atoms with Gasteiger partial charge >= 0.3 is 6.03 Å². The molecule has 0 radical (unpaired) electrons. The zero-order valence-electron chi connectivity index (χ0n) is 18.6. The van der Waals surface area contributed by atoms with Crippen LogP contribution in [0.3, 0.4) is 0 Å². The predicted octanol–water partition coefficient (Wildman–Crippen LogP) is 5.47. The van der Waals surface area contributed by atoms with Crippen LogP contribution in [0.1, 0.15) is 22.3 Å². The number of hydrogen-bond donors (Lipinski definition) is 1. The number of halogens is 2. The van der Waals surface area contributed by atoms with Gasteiger partial charge in [0.05, 0.1) is 18.7 Å². The highest BCUT2D eigenvalue weighted by Gasteiger charge is 2.33. The van der Waals surface area contributed by atoms with Crippen molar-refractivity contribution in [2.24, 2.45) is 0 Å². The van der Waals surface area contributed by atoms with E-state index in [1.807, 2.05) is 31.2 Å². The maximum atomic E-state index is 13.9. The number of carbonyl (C=O) groups excluding carboxylic acids is 2. The van der Waals surface area contributed by atoms with E-state index >= 15 is 0 Å². The minimum atomic E-state index is -0.499. The number of rotatable bonds is 7. The van der Waals surface area contributed by atoms with Gasteiger partial charge < -0.3 is 14.8 Å². The van der Waals surface area contributed by atoms with Crippen LogP contribution in [0.2, 0.25) is 5.02 Å². The number of hydrogen-bond acceptors (Lipinski definition) is 4. The molecule has 0 bridgehead atoms. The van der Waals surface area contributed by atoms with Crippen LogP contribution in [0, 0.1) is 12.7 Å². The molecule has 4 rings (SSSR count). The van der Waals surface area contributed by atoms with Gasteiger partial charge in [0.2, 0.25) is 0 Å². The minimum absolute atomic E-state index is 0.0361. The largest absolute Gasteiger partial charge is 0.493 e. The Labute approximate surface area is 201 Å². The SMILES string of the molecule is COc1cc(/C=C2/NC(=O)N(Cc3cccc(C)c3)C2=O)cc(Cl)c1OCc1ccccc1F. The lowest BCUT2D eigenvalue weighted by Gasteiger charge is -2.14. The third-order valence-corrected chi connectivity index (χ3v) is 5.56. The van der Waals surface area contributed by atoms with Crippen LogP contribution in [0.25, 0.3) is 6.08 Å². The summed E-state index contributed by atoms with van der Waals surface area (Å²) < 4.78 is 25.0. The molecule has 1 fully saturated rings. The molecule has 1 saturated heterocycles. The molecule has 8 heteroatoms. The van der Waals surface area contributed by atoms with Gasteiger partial charge in [0.1, 0.15) is 18.1 Å². The van der Waals surface area contributed by atoms with Crippen molar-refractivity contribution < 1.29 is 23.5 Å². The Kier molecular flexibility index (Phi) is 6.84. The molecule has 6 nitrogen and oxygen atoms in total. The van der Waals surface area contributed by atoms with E-state index < -0.39 is 11.9 Å². The summed E-state index contributed by atoms with van der Waals surface area (Å²) in [5.41, 5.74) is 2.92. The molecule has 0 atom stereocenters. The standard InChI is InChI=1S/C26H22ClFN2O4/c1-16-6-5-7-17(10-16)14-30-25(31)22(29-26(30)32)12-18-11-20(27)24(23(13-18)33-2)34-15-19-8-3-4-9-21(19)28/h3-13H,14-15H2,1-2H3,(H,29,32)/b22-12+. The van der Waals surface area contributed by atoms with E-state index in [2.05, 4.69) is 5.32 Å². The Morgan fingerprint density at radius 1 is 1.09 bits per heavy atom. The normalized spacial score (nSPS) is 14.5. The molecule has 0 saturated carbocycles. The van der Waals surface area contributed by atoms with Gasteiger partial charge in [-0.1, -0.05) is 59.6 Å².